The molecule has 1 aliphatic heterocycles. The van der Waals surface area contributed by atoms with Crippen molar-refractivity contribution in [2.75, 3.05) is 33.9 Å². The third-order valence-corrected chi connectivity index (χ3v) is 5.96. The van der Waals surface area contributed by atoms with E-state index in [1.54, 1.807) is 31.2 Å². The molecule has 1 aliphatic carbocycles. The molecular formula is C23H23N5O4. The fourth-order valence-corrected chi connectivity index (χ4v) is 4.54. The summed E-state index contributed by atoms with van der Waals surface area (Å²) in [5.41, 5.74) is 5.58. The van der Waals surface area contributed by atoms with Crippen LogP contribution in [0.2, 0.25) is 0 Å². The lowest BCUT2D eigenvalue weighted by molar-refractivity contribution is 0.0997. The van der Waals surface area contributed by atoms with Gasteiger partial charge in [0.05, 0.1) is 44.2 Å². The van der Waals surface area contributed by atoms with Crippen LogP contribution >= 0.6 is 0 Å². The normalized spacial score (nSPS) is 21.2. The third-order valence-electron chi connectivity index (χ3n) is 5.96. The molecule has 0 spiro atoms. The summed E-state index contributed by atoms with van der Waals surface area (Å²) in [6.45, 7) is 2.28. The zero-order chi connectivity index (χ0) is 23.5. The van der Waals surface area contributed by atoms with Crippen molar-refractivity contribution < 1.29 is 19.0 Å². The minimum absolute atomic E-state index is 0.0970. The lowest BCUT2D eigenvalue weighted by Gasteiger charge is -2.45. The standard InChI is InChI=1S/C23H23N5O4/c1-4-32-22(29)28-9-8-14-16(10-24)21(27)23(12-25,13-26)19(17(14)11-28)15-6-5-7-18(30-2)20(15)31-3/h5-8,17,19H,4,9,11,27H2,1-3H3/t17-,19+/m0/s1. The second-order valence-corrected chi connectivity index (χ2v) is 7.36. The maximum absolute atomic E-state index is 12.5. The zero-order valence-corrected chi connectivity index (χ0v) is 18.1. The summed E-state index contributed by atoms with van der Waals surface area (Å²) >= 11 is 0. The molecule has 0 unspecified atom stereocenters. The number of amides is 1. The van der Waals surface area contributed by atoms with Crippen LogP contribution in [0, 0.1) is 45.3 Å². The molecule has 9 heteroatoms. The van der Waals surface area contributed by atoms with E-state index in [1.165, 1.54) is 19.1 Å². The average molecular weight is 433 g/mol. The van der Waals surface area contributed by atoms with Gasteiger partial charge in [-0.2, -0.15) is 15.8 Å². The molecule has 0 bridgehead atoms. The molecule has 9 nitrogen and oxygen atoms in total. The summed E-state index contributed by atoms with van der Waals surface area (Å²) in [4.78, 5) is 13.9. The lowest BCUT2D eigenvalue weighted by atomic mass is 9.58. The number of rotatable bonds is 4. The number of fused-ring (bicyclic) bond motifs is 1. The molecular weight excluding hydrogens is 410 g/mol. The zero-order valence-electron chi connectivity index (χ0n) is 18.1. The second-order valence-electron chi connectivity index (χ2n) is 7.36. The van der Waals surface area contributed by atoms with Crippen LogP contribution in [0.25, 0.3) is 0 Å². The summed E-state index contributed by atoms with van der Waals surface area (Å²) in [5, 5.41) is 30.2. The van der Waals surface area contributed by atoms with Crippen LogP contribution in [0.15, 0.2) is 41.1 Å². The molecule has 0 fully saturated rings. The van der Waals surface area contributed by atoms with Gasteiger partial charge < -0.3 is 24.8 Å². The van der Waals surface area contributed by atoms with E-state index in [9.17, 15) is 20.6 Å². The molecule has 32 heavy (non-hydrogen) atoms. The first-order chi connectivity index (χ1) is 15.4. The fraction of sp³-hybridized carbons (Fsp3) is 0.391. The van der Waals surface area contributed by atoms with Crippen molar-refractivity contribution in [3.05, 3.63) is 46.7 Å². The highest BCUT2D eigenvalue weighted by atomic mass is 16.6. The lowest BCUT2D eigenvalue weighted by Crippen LogP contribution is -2.49. The average Bonchev–Trinajstić information content (AvgIpc) is 2.82. The molecule has 1 heterocycles. The highest BCUT2D eigenvalue weighted by molar-refractivity contribution is 5.70. The Hall–Kier alpha value is -4.16. The van der Waals surface area contributed by atoms with Gasteiger partial charge in [-0.1, -0.05) is 18.2 Å². The Labute approximate surface area is 186 Å². The van der Waals surface area contributed by atoms with Crippen molar-refractivity contribution in [3.63, 3.8) is 0 Å². The minimum atomic E-state index is -1.86. The quantitative estimate of drug-likeness (QED) is 0.762. The molecule has 2 N–H and O–H groups in total. The smallest absolute Gasteiger partial charge is 0.410 e. The summed E-state index contributed by atoms with van der Waals surface area (Å²) in [5.74, 6) is -0.624. The van der Waals surface area contributed by atoms with Gasteiger partial charge >= 0.3 is 6.09 Å². The molecule has 0 saturated carbocycles. The number of nitrogens with zero attached hydrogens (tertiary/aromatic N) is 4. The minimum Gasteiger partial charge on any atom is -0.493 e. The fourth-order valence-electron chi connectivity index (χ4n) is 4.54. The monoisotopic (exact) mass is 433 g/mol. The predicted molar refractivity (Wildman–Crippen MR) is 113 cm³/mol. The van der Waals surface area contributed by atoms with Crippen LogP contribution in [0.3, 0.4) is 0 Å². The van der Waals surface area contributed by atoms with Gasteiger partial charge in [-0.25, -0.2) is 4.79 Å². The van der Waals surface area contributed by atoms with Crippen molar-refractivity contribution in [3.8, 4) is 29.7 Å². The van der Waals surface area contributed by atoms with Crippen LogP contribution in [-0.4, -0.2) is 44.9 Å². The van der Waals surface area contributed by atoms with Crippen molar-refractivity contribution >= 4 is 6.09 Å². The number of carbonyl (C=O) groups excluding carboxylic acids is 1. The van der Waals surface area contributed by atoms with Crippen molar-refractivity contribution in [2.45, 2.75) is 12.8 Å². The molecule has 3 rings (SSSR count). The molecule has 164 valence electrons. The summed E-state index contributed by atoms with van der Waals surface area (Å²) < 4.78 is 16.2. The van der Waals surface area contributed by atoms with Crippen LogP contribution in [-0.2, 0) is 4.74 Å². The van der Waals surface area contributed by atoms with Crippen molar-refractivity contribution in [2.24, 2.45) is 17.1 Å². The van der Waals surface area contributed by atoms with E-state index in [1.807, 2.05) is 0 Å². The Morgan fingerprint density at radius 2 is 1.97 bits per heavy atom. The van der Waals surface area contributed by atoms with Crippen molar-refractivity contribution in [1.29, 1.82) is 15.8 Å². The Kier molecular flexibility index (Phi) is 6.27. The molecule has 1 aromatic carbocycles. The van der Waals surface area contributed by atoms with E-state index in [0.717, 1.165) is 0 Å². The number of benzene rings is 1. The number of ether oxygens (including phenoxy) is 3. The number of hydrogen-bond acceptors (Lipinski definition) is 8. The second kappa shape index (κ2) is 8.91. The predicted octanol–water partition coefficient (Wildman–Crippen LogP) is 2.59. The highest BCUT2D eigenvalue weighted by Gasteiger charge is 2.55. The first-order valence-corrected chi connectivity index (χ1v) is 9.99. The molecule has 0 radical (unpaired) electrons. The maximum atomic E-state index is 12.5. The Morgan fingerprint density at radius 1 is 1.25 bits per heavy atom. The van der Waals surface area contributed by atoms with Gasteiger partial charge in [0.1, 0.15) is 6.07 Å². The van der Waals surface area contributed by atoms with E-state index in [-0.39, 0.29) is 31.0 Å². The molecule has 2 atom stereocenters. The first kappa shape index (κ1) is 22.5. The SMILES string of the molecule is CCOC(=O)N1CC=C2C(C#N)=C(N)C(C#N)(C#N)[C@H](c3cccc(OC)c3OC)[C@H]2C1. The van der Waals surface area contributed by atoms with E-state index in [0.29, 0.717) is 22.6 Å². The number of carbonyl (C=O) groups is 1. The van der Waals surface area contributed by atoms with Crippen LogP contribution < -0.4 is 15.2 Å². The third kappa shape index (κ3) is 3.27. The van der Waals surface area contributed by atoms with E-state index >= 15 is 0 Å². The number of nitrogens with two attached hydrogens (primary N) is 1. The molecule has 1 amide bonds. The van der Waals surface area contributed by atoms with Crippen LogP contribution in [0.5, 0.6) is 11.5 Å². The number of allylic oxidation sites excluding steroid dienone is 2. The number of nitriles is 3. The van der Waals surface area contributed by atoms with Gasteiger partial charge in [0, 0.05) is 30.5 Å². The van der Waals surface area contributed by atoms with Gasteiger partial charge in [0.25, 0.3) is 0 Å². The molecule has 2 aliphatic rings. The Balaban J connectivity index is 2.32. The maximum Gasteiger partial charge on any atom is 0.410 e. The van der Waals surface area contributed by atoms with Crippen LogP contribution in [0.1, 0.15) is 18.4 Å². The Morgan fingerprint density at radius 3 is 2.53 bits per heavy atom. The summed E-state index contributed by atoms with van der Waals surface area (Å²) in [7, 11) is 2.95. The molecule has 0 aromatic heterocycles. The van der Waals surface area contributed by atoms with E-state index in [2.05, 4.69) is 18.2 Å². The van der Waals surface area contributed by atoms with Gasteiger partial charge in [0.2, 0.25) is 0 Å². The van der Waals surface area contributed by atoms with Gasteiger partial charge in [-0.05, 0) is 18.6 Å². The van der Waals surface area contributed by atoms with Crippen molar-refractivity contribution in [1.82, 2.24) is 4.90 Å². The molecule has 0 saturated heterocycles. The topological polar surface area (TPSA) is 145 Å². The van der Waals surface area contributed by atoms with Gasteiger partial charge in [0.15, 0.2) is 16.9 Å². The number of para-hydroxylation sites is 1. The van der Waals surface area contributed by atoms with Gasteiger partial charge in [-0.3, -0.25) is 0 Å². The van der Waals surface area contributed by atoms with E-state index in [4.69, 9.17) is 19.9 Å². The summed E-state index contributed by atoms with van der Waals surface area (Å²) in [6.07, 6.45) is 1.22. The first-order valence-electron chi connectivity index (χ1n) is 9.99. The Bertz CT molecular complexity index is 1100. The largest absolute Gasteiger partial charge is 0.493 e. The number of hydrogen-bond donors (Lipinski definition) is 1. The summed E-state index contributed by atoms with van der Waals surface area (Å²) in [6, 6.07) is 11.4. The van der Waals surface area contributed by atoms with E-state index < -0.39 is 23.3 Å². The van der Waals surface area contributed by atoms with Crippen LogP contribution in [0.4, 0.5) is 4.79 Å². The van der Waals surface area contributed by atoms with Gasteiger partial charge in [-0.15, -0.1) is 0 Å². The number of methoxy groups -OCH3 is 2. The molecule has 1 aromatic rings. The highest BCUT2D eigenvalue weighted by Crippen LogP contribution is 2.56.